The summed E-state index contributed by atoms with van der Waals surface area (Å²) in [6.45, 7) is 6.92. The zero-order chi connectivity index (χ0) is 6.69. The van der Waals surface area contributed by atoms with E-state index in [1.807, 2.05) is 0 Å². The monoisotopic (exact) mass is 126 g/mol. The Morgan fingerprint density at radius 3 is 2.78 bits per heavy atom. The standard InChI is InChI=1S/C8H16N/c1-7(2)5-8-3-4-9-6-8/h5,7-9H,3-4,6H2,1-2H3. The number of rotatable bonds is 2. The quantitative estimate of drug-likeness (QED) is 0.590. The Morgan fingerprint density at radius 1 is 1.56 bits per heavy atom. The Kier molecular flexibility index (Phi) is 2.52. The van der Waals surface area contributed by atoms with Crippen molar-refractivity contribution in [1.82, 2.24) is 5.32 Å². The van der Waals surface area contributed by atoms with Crippen LogP contribution in [-0.4, -0.2) is 13.1 Å². The third-order valence-electron chi connectivity index (χ3n) is 1.76. The molecule has 1 unspecified atom stereocenters. The Morgan fingerprint density at radius 2 is 2.33 bits per heavy atom. The van der Waals surface area contributed by atoms with Gasteiger partial charge in [-0.15, -0.1) is 0 Å². The van der Waals surface area contributed by atoms with Crippen LogP contribution in [-0.2, 0) is 0 Å². The summed E-state index contributed by atoms with van der Waals surface area (Å²) < 4.78 is 0. The molecule has 1 heteroatoms. The highest BCUT2D eigenvalue weighted by Gasteiger charge is 2.14. The largest absolute Gasteiger partial charge is 0.316 e. The number of hydrogen-bond donors (Lipinski definition) is 1. The van der Waals surface area contributed by atoms with Crippen molar-refractivity contribution in [2.75, 3.05) is 13.1 Å². The summed E-state index contributed by atoms with van der Waals surface area (Å²) in [5.41, 5.74) is 0. The molecule has 0 aromatic rings. The van der Waals surface area contributed by atoms with Crippen molar-refractivity contribution in [3.63, 3.8) is 0 Å². The van der Waals surface area contributed by atoms with Gasteiger partial charge in [0, 0.05) is 0 Å². The highest BCUT2D eigenvalue weighted by Crippen LogP contribution is 2.15. The fraction of sp³-hybridized carbons (Fsp3) is 0.875. The van der Waals surface area contributed by atoms with Crippen LogP contribution in [0, 0.1) is 18.3 Å². The smallest absolute Gasteiger partial charge is 0.00172 e. The van der Waals surface area contributed by atoms with Crippen LogP contribution in [0.1, 0.15) is 20.3 Å². The molecule has 1 N–H and O–H groups in total. The summed E-state index contributed by atoms with van der Waals surface area (Å²) in [6.07, 6.45) is 3.79. The second-order valence-corrected chi connectivity index (χ2v) is 3.19. The molecule has 1 rings (SSSR count). The maximum absolute atomic E-state index is 3.35. The third kappa shape index (κ3) is 2.35. The molecule has 0 aromatic carbocycles. The SMILES string of the molecule is CC(C)[CH]C1CCNC1. The first kappa shape index (κ1) is 7.07. The van der Waals surface area contributed by atoms with Gasteiger partial charge in [-0.3, -0.25) is 0 Å². The molecule has 0 aromatic heterocycles. The van der Waals surface area contributed by atoms with Crippen molar-refractivity contribution in [2.24, 2.45) is 11.8 Å². The van der Waals surface area contributed by atoms with E-state index in [9.17, 15) is 0 Å². The molecule has 0 aliphatic carbocycles. The summed E-state index contributed by atoms with van der Waals surface area (Å²) in [5, 5.41) is 3.35. The van der Waals surface area contributed by atoms with Crippen molar-refractivity contribution < 1.29 is 0 Å². The lowest BCUT2D eigenvalue weighted by Gasteiger charge is -2.09. The van der Waals surface area contributed by atoms with Gasteiger partial charge >= 0.3 is 0 Å². The van der Waals surface area contributed by atoms with Crippen LogP contribution >= 0.6 is 0 Å². The van der Waals surface area contributed by atoms with Gasteiger partial charge in [-0.2, -0.15) is 0 Å². The fourth-order valence-corrected chi connectivity index (χ4v) is 1.39. The minimum atomic E-state index is 0.759. The molecule has 0 amide bonds. The van der Waals surface area contributed by atoms with Crippen molar-refractivity contribution in [2.45, 2.75) is 20.3 Å². The third-order valence-corrected chi connectivity index (χ3v) is 1.76. The Bertz CT molecular complexity index is 72.6. The molecule has 9 heavy (non-hydrogen) atoms. The van der Waals surface area contributed by atoms with E-state index >= 15 is 0 Å². The molecule has 1 nitrogen and oxygen atoms in total. The summed E-state index contributed by atoms with van der Waals surface area (Å²) >= 11 is 0. The summed E-state index contributed by atoms with van der Waals surface area (Å²) in [6, 6.07) is 0. The van der Waals surface area contributed by atoms with Crippen LogP contribution in [0.4, 0.5) is 0 Å². The molecule has 1 radical (unpaired) electrons. The molecule has 1 fully saturated rings. The molecular weight excluding hydrogens is 110 g/mol. The van der Waals surface area contributed by atoms with Crippen LogP contribution in [0.3, 0.4) is 0 Å². The zero-order valence-corrected chi connectivity index (χ0v) is 6.35. The summed E-state index contributed by atoms with van der Waals surface area (Å²) in [5.74, 6) is 1.61. The molecule has 53 valence electrons. The van der Waals surface area contributed by atoms with Gasteiger partial charge in [0.15, 0.2) is 0 Å². The maximum Gasteiger partial charge on any atom is -0.00172 e. The predicted octanol–water partition coefficient (Wildman–Crippen LogP) is 1.46. The molecule has 1 heterocycles. The van der Waals surface area contributed by atoms with E-state index in [2.05, 4.69) is 25.6 Å². The minimum absolute atomic E-state index is 0.759. The first-order valence-electron chi connectivity index (χ1n) is 3.84. The van der Waals surface area contributed by atoms with E-state index in [0.29, 0.717) is 0 Å². The molecule has 1 aliphatic heterocycles. The van der Waals surface area contributed by atoms with Gasteiger partial charge in [0.2, 0.25) is 0 Å². The fourth-order valence-electron chi connectivity index (χ4n) is 1.39. The lowest BCUT2D eigenvalue weighted by Crippen LogP contribution is -2.10. The molecule has 1 saturated heterocycles. The van der Waals surface area contributed by atoms with Gasteiger partial charge in [0.25, 0.3) is 0 Å². The number of nitrogens with one attached hydrogen (secondary N) is 1. The van der Waals surface area contributed by atoms with Crippen LogP contribution in [0.25, 0.3) is 0 Å². The highest BCUT2D eigenvalue weighted by atomic mass is 14.9. The van der Waals surface area contributed by atoms with Crippen molar-refractivity contribution in [3.05, 3.63) is 6.42 Å². The van der Waals surface area contributed by atoms with Crippen LogP contribution in [0.5, 0.6) is 0 Å². The van der Waals surface area contributed by atoms with Crippen molar-refractivity contribution >= 4 is 0 Å². The van der Waals surface area contributed by atoms with Crippen molar-refractivity contribution in [3.8, 4) is 0 Å². The van der Waals surface area contributed by atoms with Crippen LogP contribution in [0.2, 0.25) is 0 Å². The number of hydrogen-bond acceptors (Lipinski definition) is 1. The van der Waals surface area contributed by atoms with E-state index in [0.717, 1.165) is 11.8 Å². The second-order valence-electron chi connectivity index (χ2n) is 3.19. The molecule has 1 atom stereocenters. The molecule has 0 bridgehead atoms. The normalized spacial score (nSPS) is 27.7. The average molecular weight is 126 g/mol. The van der Waals surface area contributed by atoms with Crippen LogP contribution < -0.4 is 5.32 Å². The van der Waals surface area contributed by atoms with Gasteiger partial charge in [0.1, 0.15) is 0 Å². The van der Waals surface area contributed by atoms with Crippen molar-refractivity contribution in [1.29, 1.82) is 0 Å². The van der Waals surface area contributed by atoms with E-state index in [1.165, 1.54) is 19.5 Å². The van der Waals surface area contributed by atoms with Gasteiger partial charge in [-0.05, 0) is 37.8 Å². The maximum atomic E-state index is 3.35. The molecule has 0 saturated carbocycles. The van der Waals surface area contributed by atoms with Crippen LogP contribution in [0.15, 0.2) is 0 Å². The Balaban J connectivity index is 2.11. The average Bonchev–Trinajstić information content (AvgIpc) is 2.15. The van der Waals surface area contributed by atoms with Gasteiger partial charge in [-0.1, -0.05) is 13.8 Å². The highest BCUT2D eigenvalue weighted by molar-refractivity contribution is 4.85. The first-order chi connectivity index (χ1) is 4.29. The van der Waals surface area contributed by atoms with Gasteiger partial charge in [0.05, 0.1) is 0 Å². The van der Waals surface area contributed by atoms with Gasteiger partial charge < -0.3 is 5.32 Å². The first-order valence-corrected chi connectivity index (χ1v) is 3.84. The Labute approximate surface area is 57.8 Å². The minimum Gasteiger partial charge on any atom is -0.316 e. The summed E-state index contributed by atoms with van der Waals surface area (Å²) in [4.78, 5) is 0. The van der Waals surface area contributed by atoms with E-state index in [4.69, 9.17) is 0 Å². The molecule has 0 spiro atoms. The van der Waals surface area contributed by atoms with E-state index in [1.54, 1.807) is 0 Å². The van der Waals surface area contributed by atoms with E-state index < -0.39 is 0 Å². The summed E-state index contributed by atoms with van der Waals surface area (Å²) in [7, 11) is 0. The van der Waals surface area contributed by atoms with E-state index in [-0.39, 0.29) is 0 Å². The zero-order valence-electron chi connectivity index (χ0n) is 6.35. The predicted molar refractivity (Wildman–Crippen MR) is 40.1 cm³/mol. The van der Waals surface area contributed by atoms with Gasteiger partial charge in [-0.25, -0.2) is 0 Å². The Hall–Kier alpha value is -0.0400. The molecule has 1 aliphatic rings. The lowest BCUT2D eigenvalue weighted by molar-refractivity contribution is 0.573. The topological polar surface area (TPSA) is 12.0 Å². The molecular formula is C8H16N. The second kappa shape index (κ2) is 3.21. The lowest BCUT2D eigenvalue weighted by atomic mass is 9.97.